The molecule has 0 saturated heterocycles. The predicted molar refractivity (Wildman–Crippen MR) is 90.8 cm³/mol. The molecular weight excluding hydrogens is 355 g/mol. The third kappa shape index (κ3) is 4.54. The summed E-state index contributed by atoms with van der Waals surface area (Å²) < 4.78 is 10.3. The molecule has 132 valence electrons. The Morgan fingerprint density at radius 1 is 1.29 bits per heavy atom. The molecule has 1 saturated carbocycles. The molecule has 5 nitrogen and oxygen atoms in total. The van der Waals surface area contributed by atoms with E-state index in [4.69, 9.17) is 32.7 Å². The van der Waals surface area contributed by atoms with Crippen LogP contribution in [0.2, 0.25) is 10.0 Å². The number of benzene rings is 1. The molecule has 0 aromatic heterocycles. The van der Waals surface area contributed by atoms with Gasteiger partial charge in [-0.25, -0.2) is 0 Å². The number of methoxy groups -OCH3 is 1. The van der Waals surface area contributed by atoms with Crippen LogP contribution in [0.5, 0.6) is 5.75 Å². The number of carbonyl (C=O) groups excluding carboxylic acids is 1. The number of ether oxygens (including phenoxy) is 2. The summed E-state index contributed by atoms with van der Waals surface area (Å²) in [5.74, 6) is -2.53. The van der Waals surface area contributed by atoms with Gasteiger partial charge in [0.2, 0.25) is 0 Å². The predicted octanol–water partition coefficient (Wildman–Crippen LogP) is 3.98. The van der Waals surface area contributed by atoms with Crippen molar-refractivity contribution in [2.75, 3.05) is 13.7 Å². The van der Waals surface area contributed by atoms with Gasteiger partial charge in [-0.3, -0.25) is 9.59 Å². The van der Waals surface area contributed by atoms with Crippen molar-refractivity contribution in [3.8, 4) is 5.75 Å². The monoisotopic (exact) mass is 374 g/mol. The maximum absolute atomic E-state index is 12.1. The number of rotatable bonds is 7. The summed E-state index contributed by atoms with van der Waals surface area (Å²) in [4.78, 5) is 23.5. The molecule has 1 fully saturated rings. The zero-order valence-electron chi connectivity index (χ0n) is 13.4. The molecule has 7 heteroatoms. The molecule has 1 aromatic rings. The average Bonchev–Trinajstić information content (AvgIpc) is 3.04. The third-order valence-electron chi connectivity index (χ3n) is 4.30. The van der Waals surface area contributed by atoms with Gasteiger partial charge in [-0.15, -0.1) is 0 Å². The van der Waals surface area contributed by atoms with Gasteiger partial charge in [-0.1, -0.05) is 36.0 Å². The van der Waals surface area contributed by atoms with E-state index in [2.05, 4.69) is 0 Å². The Morgan fingerprint density at radius 3 is 2.54 bits per heavy atom. The Kier molecular flexibility index (Phi) is 6.75. The Morgan fingerprint density at radius 2 is 1.96 bits per heavy atom. The van der Waals surface area contributed by atoms with Crippen LogP contribution in [-0.4, -0.2) is 30.8 Å². The number of esters is 1. The second kappa shape index (κ2) is 8.58. The van der Waals surface area contributed by atoms with E-state index in [1.165, 1.54) is 7.11 Å². The number of halogens is 2. The third-order valence-corrected chi connectivity index (χ3v) is 5.09. The minimum atomic E-state index is -1.11. The van der Waals surface area contributed by atoms with Crippen LogP contribution in [0.1, 0.15) is 31.2 Å². The second-order valence-corrected chi connectivity index (χ2v) is 6.66. The first-order valence-electron chi connectivity index (χ1n) is 7.85. The lowest BCUT2D eigenvalue weighted by atomic mass is 9.91. The van der Waals surface area contributed by atoms with E-state index in [1.807, 2.05) is 0 Å². The number of hydrogen-bond acceptors (Lipinski definition) is 4. The van der Waals surface area contributed by atoms with Crippen molar-refractivity contribution >= 4 is 35.1 Å². The van der Waals surface area contributed by atoms with Gasteiger partial charge in [0.15, 0.2) is 5.92 Å². The maximum atomic E-state index is 12.1. The highest BCUT2D eigenvalue weighted by Gasteiger charge is 2.37. The van der Waals surface area contributed by atoms with Gasteiger partial charge in [0.25, 0.3) is 0 Å². The smallest absolute Gasteiger partial charge is 0.320 e. The maximum Gasteiger partial charge on any atom is 0.320 e. The van der Waals surface area contributed by atoms with Crippen LogP contribution in [0, 0.1) is 11.8 Å². The molecular formula is C17H20Cl2O5. The number of carboxylic acids is 1. The van der Waals surface area contributed by atoms with Crippen LogP contribution < -0.4 is 4.74 Å². The molecule has 0 amide bonds. The molecule has 0 heterocycles. The van der Waals surface area contributed by atoms with E-state index in [0.29, 0.717) is 22.2 Å². The summed E-state index contributed by atoms with van der Waals surface area (Å²) in [6.07, 6.45) is 3.84. The highest BCUT2D eigenvalue weighted by molar-refractivity contribution is 6.43. The van der Waals surface area contributed by atoms with E-state index in [1.54, 1.807) is 12.1 Å². The van der Waals surface area contributed by atoms with Crippen molar-refractivity contribution in [1.82, 2.24) is 0 Å². The Labute approximate surface area is 150 Å². The molecule has 1 N–H and O–H groups in total. The van der Waals surface area contributed by atoms with Crippen molar-refractivity contribution < 1.29 is 24.2 Å². The molecule has 0 radical (unpaired) electrons. The summed E-state index contributed by atoms with van der Waals surface area (Å²) in [5, 5.41) is 9.99. The highest BCUT2D eigenvalue weighted by Crippen LogP contribution is 2.34. The lowest BCUT2D eigenvalue weighted by Gasteiger charge is -2.18. The highest BCUT2D eigenvalue weighted by atomic mass is 35.5. The number of hydrogen-bond donors (Lipinski definition) is 1. The topological polar surface area (TPSA) is 72.8 Å². The van der Waals surface area contributed by atoms with Crippen LogP contribution in [-0.2, 0) is 20.7 Å². The number of carboxylic acid groups (broad SMARTS) is 1. The fraction of sp³-hybridized carbons (Fsp3) is 0.529. The standard InChI is InChI=1S/C17H20Cl2O5/c1-23-13-9-10(8-12(18)15(13)19)6-7-24-17(22)14(16(20)21)11-4-2-3-5-11/h8-9,11,14H,2-7H2,1H3,(H,20,21). The van der Waals surface area contributed by atoms with Gasteiger partial charge in [0.05, 0.1) is 18.7 Å². The fourth-order valence-corrected chi connectivity index (χ4v) is 3.47. The molecule has 1 aliphatic rings. The zero-order valence-corrected chi connectivity index (χ0v) is 14.9. The Hall–Kier alpha value is -1.46. The minimum Gasteiger partial charge on any atom is -0.495 e. The van der Waals surface area contributed by atoms with Crippen molar-refractivity contribution in [3.05, 3.63) is 27.7 Å². The average molecular weight is 375 g/mol. The van der Waals surface area contributed by atoms with E-state index >= 15 is 0 Å². The van der Waals surface area contributed by atoms with Crippen LogP contribution in [0.25, 0.3) is 0 Å². The Bertz CT molecular complexity index is 611. The van der Waals surface area contributed by atoms with Crippen molar-refractivity contribution in [1.29, 1.82) is 0 Å². The van der Waals surface area contributed by atoms with Gasteiger partial charge in [-0.2, -0.15) is 0 Å². The van der Waals surface area contributed by atoms with Gasteiger partial charge in [-0.05, 0) is 36.5 Å². The van der Waals surface area contributed by atoms with Crippen molar-refractivity contribution in [2.24, 2.45) is 11.8 Å². The van der Waals surface area contributed by atoms with Gasteiger partial charge in [0, 0.05) is 6.42 Å². The van der Waals surface area contributed by atoms with Crippen molar-refractivity contribution in [2.45, 2.75) is 32.1 Å². The van der Waals surface area contributed by atoms with E-state index < -0.39 is 17.9 Å². The van der Waals surface area contributed by atoms with E-state index in [0.717, 1.165) is 31.2 Å². The lowest BCUT2D eigenvalue weighted by Crippen LogP contribution is -2.32. The first-order valence-corrected chi connectivity index (χ1v) is 8.61. The lowest BCUT2D eigenvalue weighted by molar-refractivity contribution is -0.161. The second-order valence-electron chi connectivity index (χ2n) is 5.87. The SMILES string of the molecule is COc1cc(CCOC(=O)C(C(=O)O)C2CCCC2)cc(Cl)c1Cl. The summed E-state index contributed by atoms with van der Waals surface area (Å²) in [5.41, 5.74) is 0.793. The summed E-state index contributed by atoms with van der Waals surface area (Å²) in [7, 11) is 1.49. The van der Waals surface area contributed by atoms with E-state index in [-0.39, 0.29) is 12.5 Å². The molecule has 1 atom stereocenters. The molecule has 0 bridgehead atoms. The normalized spacial score (nSPS) is 16.0. The molecule has 0 aliphatic heterocycles. The van der Waals surface area contributed by atoms with Crippen molar-refractivity contribution in [3.63, 3.8) is 0 Å². The quantitative estimate of drug-likeness (QED) is 0.577. The fourth-order valence-electron chi connectivity index (χ4n) is 3.05. The summed E-state index contributed by atoms with van der Waals surface area (Å²) >= 11 is 12.0. The van der Waals surface area contributed by atoms with Crippen LogP contribution >= 0.6 is 23.2 Å². The molecule has 1 unspecified atom stereocenters. The molecule has 24 heavy (non-hydrogen) atoms. The molecule has 2 rings (SSSR count). The number of aliphatic carboxylic acids is 1. The Balaban J connectivity index is 1.94. The largest absolute Gasteiger partial charge is 0.495 e. The first-order chi connectivity index (χ1) is 11.4. The van der Waals surface area contributed by atoms with Crippen LogP contribution in [0.3, 0.4) is 0 Å². The zero-order chi connectivity index (χ0) is 17.7. The van der Waals surface area contributed by atoms with Crippen LogP contribution in [0.15, 0.2) is 12.1 Å². The van der Waals surface area contributed by atoms with Crippen LogP contribution in [0.4, 0.5) is 0 Å². The molecule has 1 aliphatic carbocycles. The molecule has 0 spiro atoms. The minimum absolute atomic E-state index is 0.0798. The number of carbonyl (C=O) groups is 2. The van der Waals surface area contributed by atoms with Gasteiger partial charge < -0.3 is 14.6 Å². The van der Waals surface area contributed by atoms with Gasteiger partial charge in [0.1, 0.15) is 10.8 Å². The van der Waals surface area contributed by atoms with Gasteiger partial charge >= 0.3 is 11.9 Å². The van der Waals surface area contributed by atoms with E-state index in [9.17, 15) is 14.7 Å². The summed E-state index contributed by atoms with van der Waals surface area (Å²) in [6.45, 7) is 0.0798. The summed E-state index contributed by atoms with van der Waals surface area (Å²) in [6, 6.07) is 3.39. The molecule has 1 aromatic carbocycles. The first kappa shape index (κ1) is 18.9.